The van der Waals surface area contributed by atoms with Gasteiger partial charge in [0.25, 0.3) is 0 Å². The van der Waals surface area contributed by atoms with Gasteiger partial charge in [-0.15, -0.1) is 5.10 Å². The lowest BCUT2D eigenvalue weighted by Crippen LogP contribution is -2.51. The first kappa shape index (κ1) is 30.4. The lowest BCUT2D eigenvalue weighted by Gasteiger charge is -2.33. The van der Waals surface area contributed by atoms with E-state index in [0.29, 0.717) is 94.4 Å². The topological polar surface area (TPSA) is 78.8 Å². The Balaban J connectivity index is 1.23. The Morgan fingerprint density at radius 1 is 0.795 bits per heavy atom. The number of aromatic nitrogens is 4. The highest BCUT2D eigenvalue weighted by atomic mass is 19.2. The maximum Gasteiger partial charge on any atom is 0.737 e. The number of benzene rings is 1. The van der Waals surface area contributed by atoms with Gasteiger partial charge in [-0.3, -0.25) is 0 Å². The molecule has 44 heavy (non-hydrogen) atoms. The monoisotopic (exact) mass is 608 g/mol. The van der Waals surface area contributed by atoms with E-state index in [9.17, 15) is 0 Å². The summed E-state index contributed by atoms with van der Waals surface area (Å²) >= 11 is 0. The zero-order valence-corrected chi connectivity index (χ0v) is 25.8. The van der Waals surface area contributed by atoms with Gasteiger partial charge < -0.3 is 41.4 Å². The van der Waals surface area contributed by atoms with E-state index in [0.717, 1.165) is 32.6 Å². The van der Waals surface area contributed by atoms with Gasteiger partial charge in [0.2, 0.25) is 0 Å². The number of hydrogen-bond donors (Lipinski definition) is 0. The van der Waals surface area contributed by atoms with Gasteiger partial charge in [-0.25, -0.2) is 4.68 Å². The highest BCUT2D eigenvalue weighted by molar-refractivity contribution is 6.58. The van der Waals surface area contributed by atoms with Crippen molar-refractivity contribution in [3.8, 4) is 5.69 Å². The number of allylic oxidation sites excluding steroid dienone is 3. The van der Waals surface area contributed by atoms with Crippen LogP contribution in [0.1, 0.15) is 36.5 Å². The van der Waals surface area contributed by atoms with Gasteiger partial charge in [-0.05, 0) is 69.3 Å². The van der Waals surface area contributed by atoms with Crippen molar-refractivity contribution in [1.82, 2.24) is 19.5 Å². The molecule has 0 bridgehead atoms. The molecule has 5 heterocycles. The summed E-state index contributed by atoms with van der Waals surface area (Å²) in [7, 11) is 0. The summed E-state index contributed by atoms with van der Waals surface area (Å²) in [5.41, 5.74) is 6.64. The summed E-state index contributed by atoms with van der Waals surface area (Å²) in [4.78, 5) is 2.20. The standard InChI is InChI=1S/C31H39BF2N6O4/c1-22-19-24(3)39-30(22)25(4)31-23(2)20-29(40(31)32(39,33)34)28-21-38(36-35-28)27-7-5-26(6-8-27)37-9-11-41-13-15-43-17-18-44-16-14-42-12-10-37/h5-8,19-21H,9-18H2,1-4H3. The van der Waals surface area contributed by atoms with Crippen molar-refractivity contribution < 1.29 is 32.1 Å². The minimum Gasteiger partial charge on any atom is -0.394 e. The normalized spacial score (nSPS) is 20.2. The van der Waals surface area contributed by atoms with Crippen LogP contribution >= 0.6 is 0 Å². The maximum atomic E-state index is 16.2. The van der Waals surface area contributed by atoms with Crippen molar-refractivity contribution in [3.63, 3.8) is 0 Å². The van der Waals surface area contributed by atoms with Crippen LogP contribution in [-0.2, 0) is 18.9 Å². The molecule has 0 atom stereocenters. The van der Waals surface area contributed by atoms with Crippen LogP contribution in [0.4, 0.5) is 14.3 Å². The average Bonchev–Trinajstić information content (AvgIpc) is 3.70. The third-order valence-electron chi connectivity index (χ3n) is 8.34. The first-order chi connectivity index (χ1) is 21.3. The molecule has 0 radical (unpaired) electrons. The average molecular weight is 608 g/mol. The van der Waals surface area contributed by atoms with Crippen LogP contribution in [0.2, 0.25) is 0 Å². The van der Waals surface area contributed by atoms with Gasteiger partial charge in [0.15, 0.2) is 17.1 Å². The summed E-state index contributed by atoms with van der Waals surface area (Å²) in [6, 6.07) is 9.73. The predicted molar refractivity (Wildman–Crippen MR) is 165 cm³/mol. The molecule has 3 aliphatic heterocycles. The van der Waals surface area contributed by atoms with E-state index >= 15 is 8.63 Å². The van der Waals surface area contributed by atoms with Crippen LogP contribution in [-0.4, -0.2) is 103 Å². The molecule has 0 aliphatic carbocycles. The fraction of sp³-hybridized carbons (Fsp3) is 0.452. The maximum absolute atomic E-state index is 16.2. The number of aryl methyl sites for hydroxylation is 2. The van der Waals surface area contributed by atoms with E-state index in [1.165, 1.54) is 4.48 Å². The van der Waals surface area contributed by atoms with Crippen molar-refractivity contribution >= 4 is 23.9 Å². The molecule has 0 N–H and O–H groups in total. The summed E-state index contributed by atoms with van der Waals surface area (Å²) < 4.78 is 59.0. The Morgan fingerprint density at radius 2 is 1.36 bits per heavy atom. The smallest absolute Gasteiger partial charge is 0.394 e. The quantitative estimate of drug-likeness (QED) is 0.416. The number of hydrogen-bond acceptors (Lipinski definition) is 7. The highest BCUT2D eigenvalue weighted by Gasteiger charge is 2.55. The fourth-order valence-corrected chi connectivity index (χ4v) is 6.38. The molecule has 1 saturated heterocycles. The molecular weight excluding hydrogens is 569 g/mol. The Hall–Kier alpha value is -3.65. The van der Waals surface area contributed by atoms with Crippen molar-refractivity contribution in [2.45, 2.75) is 27.7 Å². The number of ether oxygens (including phenoxy) is 4. The van der Waals surface area contributed by atoms with Crippen molar-refractivity contribution in [2.24, 2.45) is 0 Å². The van der Waals surface area contributed by atoms with Crippen LogP contribution < -0.4 is 4.90 Å². The van der Waals surface area contributed by atoms with E-state index < -0.39 is 6.97 Å². The number of rotatable bonds is 3. The van der Waals surface area contributed by atoms with E-state index in [1.54, 1.807) is 23.9 Å². The van der Waals surface area contributed by atoms with E-state index in [-0.39, 0.29) is 0 Å². The van der Waals surface area contributed by atoms with Crippen LogP contribution in [0.5, 0.6) is 0 Å². The van der Waals surface area contributed by atoms with E-state index in [2.05, 4.69) is 15.2 Å². The largest absolute Gasteiger partial charge is 0.737 e. The van der Waals surface area contributed by atoms with Crippen LogP contribution in [0.25, 0.3) is 11.3 Å². The second-order valence-corrected chi connectivity index (χ2v) is 11.3. The molecular formula is C31H39BF2N6O4. The Labute approximate surface area is 256 Å². The van der Waals surface area contributed by atoms with Crippen molar-refractivity contribution in [1.29, 1.82) is 0 Å². The zero-order chi connectivity index (χ0) is 30.8. The predicted octanol–water partition coefficient (Wildman–Crippen LogP) is 4.00. The van der Waals surface area contributed by atoms with Crippen LogP contribution in [0.15, 0.2) is 53.9 Å². The second-order valence-electron chi connectivity index (χ2n) is 11.3. The molecule has 0 saturated carbocycles. The fourth-order valence-electron chi connectivity index (χ4n) is 6.38. The number of fused-ring (bicyclic) bond motifs is 2. The van der Waals surface area contributed by atoms with Crippen LogP contribution in [0, 0.1) is 13.8 Å². The lowest BCUT2D eigenvalue weighted by atomic mass is 9.86. The first-order valence-corrected chi connectivity index (χ1v) is 15.1. The molecule has 6 rings (SSSR count). The molecule has 0 spiro atoms. The lowest BCUT2D eigenvalue weighted by molar-refractivity contribution is -0.362. The van der Waals surface area contributed by atoms with Gasteiger partial charge in [0.1, 0.15) is 0 Å². The summed E-state index contributed by atoms with van der Waals surface area (Å²) in [6.45, 7) is 8.97. The van der Waals surface area contributed by atoms with Gasteiger partial charge in [0.05, 0.1) is 64.7 Å². The minimum atomic E-state index is -4.13. The Bertz CT molecular complexity index is 1600. The molecule has 13 heteroatoms. The van der Waals surface area contributed by atoms with Gasteiger partial charge in [-0.1, -0.05) is 5.21 Å². The number of halogens is 2. The molecule has 3 aromatic rings. The molecule has 2 aromatic heterocycles. The number of anilines is 1. The molecule has 1 aromatic carbocycles. The van der Waals surface area contributed by atoms with Crippen molar-refractivity contribution in [2.75, 3.05) is 70.8 Å². The third-order valence-corrected chi connectivity index (χ3v) is 8.34. The second kappa shape index (κ2) is 12.8. The molecule has 0 unspecified atom stereocenters. The molecule has 10 nitrogen and oxygen atoms in total. The first-order valence-electron chi connectivity index (χ1n) is 15.1. The SMILES string of the molecule is CC1=CC(c2cn(-c3ccc(N4CCOCCOCCOCCOCC4)cc3)nn2)=[N+]2C1=C(C)c1c(C)cc(C)n1[B-]2(F)F. The highest BCUT2D eigenvalue weighted by Crippen LogP contribution is 2.41. The van der Waals surface area contributed by atoms with Gasteiger partial charge in [-0.2, -0.15) is 0 Å². The third kappa shape index (κ3) is 5.76. The minimum absolute atomic E-state index is 0.346. The molecule has 3 aliphatic rings. The Morgan fingerprint density at radius 3 is 1.98 bits per heavy atom. The number of nitrogens with zero attached hydrogens (tertiary/aromatic N) is 6. The summed E-state index contributed by atoms with van der Waals surface area (Å²) in [5.74, 6) is 0. The van der Waals surface area contributed by atoms with Gasteiger partial charge >= 0.3 is 6.97 Å². The summed E-state index contributed by atoms with van der Waals surface area (Å²) in [5, 5.41) is 8.65. The Kier molecular flexibility index (Phi) is 8.81. The van der Waals surface area contributed by atoms with E-state index in [1.807, 2.05) is 51.1 Å². The molecule has 1 fully saturated rings. The van der Waals surface area contributed by atoms with Gasteiger partial charge in [0, 0.05) is 41.7 Å². The van der Waals surface area contributed by atoms with E-state index in [4.69, 9.17) is 18.9 Å². The molecule has 234 valence electrons. The van der Waals surface area contributed by atoms with Crippen LogP contribution in [0.3, 0.4) is 0 Å². The van der Waals surface area contributed by atoms with Crippen molar-refractivity contribution in [3.05, 3.63) is 76.5 Å². The molecule has 0 amide bonds. The zero-order valence-electron chi connectivity index (χ0n) is 25.8. The summed E-state index contributed by atoms with van der Waals surface area (Å²) in [6.07, 6.45) is 3.49.